The summed E-state index contributed by atoms with van der Waals surface area (Å²) in [6.07, 6.45) is 3.85. The van der Waals surface area contributed by atoms with Gasteiger partial charge < -0.3 is 15.8 Å². The van der Waals surface area contributed by atoms with Crippen LogP contribution in [0.5, 0.6) is 0 Å². The Morgan fingerprint density at radius 2 is 2.10 bits per heavy atom. The van der Waals surface area contributed by atoms with Gasteiger partial charge in [0, 0.05) is 12.5 Å². The maximum atomic E-state index is 8.88. The SMILES string of the molecule is O.ON=C1C=C(O)CCC1. The predicted octanol–water partition coefficient (Wildman–Crippen LogP) is 0.618. The molecule has 0 aromatic rings. The number of nitrogens with zero attached hydrogens (tertiary/aromatic N) is 1. The number of aliphatic hydroxyl groups excluding tert-OH is 1. The lowest BCUT2D eigenvalue weighted by atomic mass is 10.0. The van der Waals surface area contributed by atoms with Crippen molar-refractivity contribution in [2.24, 2.45) is 5.16 Å². The minimum Gasteiger partial charge on any atom is -0.512 e. The number of oxime groups is 1. The second-order valence-corrected chi connectivity index (χ2v) is 2.08. The molecule has 4 heteroatoms. The lowest BCUT2D eigenvalue weighted by Gasteiger charge is -2.06. The van der Waals surface area contributed by atoms with Crippen LogP contribution in [0.25, 0.3) is 0 Å². The normalized spacial score (nSPS) is 21.6. The number of hydrogen-bond acceptors (Lipinski definition) is 3. The lowest BCUT2D eigenvalue weighted by molar-refractivity contribution is 0.315. The van der Waals surface area contributed by atoms with Crippen molar-refractivity contribution in [1.29, 1.82) is 0 Å². The molecule has 1 aliphatic carbocycles. The fourth-order valence-electron chi connectivity index (χ4n) is 0.866. The number of hydrogen-bond donors (Lipinski definition) is 2. The minimum atomic E-state index is 0. The highest BCUT2D eigenvalue weighted by Gasteiger charge is 2.06. The van der Waals surface area contributed by atoms with Crippen molar-refractivity contribution in [3.8, 4) is 0 Å². The molecule has 0 heterocycles. The first-order valence-electron chi connectivity index (χ1n) is 2.93. The Balaban J connectivity index is 0.000000810. The minimum absolute atomic E-state index is 0. The summed E-state index contributed by atoms with van der Waals surface area (Å²) in [5.74, 6) is 0.314. The van der Waals surface area contributed by atoms with Crippen LogP contribution in [0.15, 0.2) is 17.0 Å². The molecule has 4 N–H and O–H groups in total. The van der Waals surface area contributed by atoms with Gasteiger partial charge in [-0.25, -0.2) is 0 Å². The zero-order chi connectivity index (χ0) is 6.69. The van der Waals surface area contributed by atoms with E-state index in [2.05, 4.69) is 5.16 Å². The Labute approximate surface area is 58.8 Å². The molecule has 0 spiro atoms. The molecule has 0 atom stereocenters. The predicted molar refractivity (Wildman–Crippen MR) is 37.4 cm³/mol. The average Bonchev–Trinajstić information content (AvgIpc) is 1.88. The summed E-state index contributed by atoms with van der Waals surface area (Å²) in [7, 11) is 0. The lowest BCUT2D eigenvalue weighted by Crippen LogP contribution is -2.02. The van der Waals surface area contributed by atoms with Gasteiger partial charge in [0.15, 0.2) is 0 Å². The summed E-state index contributed by atoms with van der Waals surface area (Å²) in [4.78, 5) is 0. The third-order valence-corrected chi connectivity index (χ3v) is 1.33. The van der Waals surface area contributed by atoms with Crippen LogP contribution >= 0.6 is 0 Å². The van der Waals surface area contributed by atoms with E-state index in [9.17, 15) is 0 Å². The van der Waals surface area contributed by atoms with Gasteiger partial charge in [-0.3, -0.25) is 0 Å². The Morgan fingerprint density at radius 3 is 2.50 bits per heavy atom. The summed E-state index contributed by atoms with van der Waals surface area (Å²) in [5, 5.41) is 20.1. The number of rotatable bonds is 0. The van der Waals surface area contributed by atoms with Crippen LogP contribution in [0.1, 0.15) is 19.3 Å². The van der Waals surface area contributed by atoms with Crippen LogP contribution in [0, 0.1) is 0 Å². The van der Waals surface area contributed by atoms with Gasteiger partial charge in [0.25, 0.3) is 0 Å². The first kappa shape index (κ1) is 8.97. The molecule has 0 aromatic carbocycles. The second kappa shape index (κ2) is 3.90. The van der Waals surface area contributed by atoms with E-state index in [4.69, 9.17) is 10.3 Å². The van der Waals surface area contributed by atoms with Crippen molar-refractivity contribution in [2.45, 2.75) is 19.3 Å². The van der Waals surface area contributed by atoms with E-state index in [-0.39, 0.29) is 5.48 Å². The van der Waals surface area contributed by atoms with Gasteiger partial charge in [0.2, 0.25) is 0 Å². The number of allylic oxidation sites excluding steroid dienone is 2. The van der Waals surface area contributed by atoms with Crippen LogP contribution in [0.2, 0.25) is 0 Å². The first-order valence-corrected chi connectivity index (χ1v) is 2.93. The molecule has 0 aromatic heterocycles. The van der Waals surface area contributed by atoms with E-state index in [1.807, 2.05) is 0 Å². The summed E-state index contributed by atoms with van der Waals surface area (Å²) < 4.78 is 0. The molecule has 4 nitrogen and oxygen atoms in total. The Kier molecular flexibility index (Phi) is 3.49. The third kappa shape index (κ3) is 2.06. The maximum Gasteiger partial charge on any atom is 0.0942 e. The molecule has 0 unspecified atom stereocenters. The second-order valence-electron chi connectivity index (χ2n) is 2.08. The van der Waals surface area contributed by atoms with Crippen LogP contribution < -0.4 is 0 Å². The number of aliphatic hydroxyl groups is 1. The van der Waals surface area contributed by atoms with Gasteiger partial charge in [-0.15, -0.1) is 0 Å². The van der Waals surface area contributed by atoms with Crippen LogP contribution in [0.4, 0.5) is 0 Å². The van der Waals surface area contributed by atoms with E-state index in [1.165, 1.54) is 6.08 Å². The molecule has 0 saturated carbocycles. The van der Waals surface area contributed by atoms with E-state index in [0.717, 1.165) is 12.8 Å². The maximum absolute atomic E-state index is 8.88. The average molecular weight is 145 g/mol. The van der Waals surface area contributed by atoms with Gasteiger partial charge in [0.05, 0.1) is 11.5 Å². The van der Waals surface area contributed by atoms with E-state index in [1.54, 1.807) is 0 Å². The van der Waals surface area contributed by atoms with Crippen molar-refractivity contribution in [3.63, 3.8) is 0 Å². The standard InChI is InChI=1S/C6H9NO2.H2O/c8-6-3-1-2-5(4-6)7-9;/h4,8-9H,1-3H2;1H2. The molecule has 10 heavy (non-hydrogen) atoms. The van der Waals surface area contributed by atoms with Crippen molar-refractivity contribution in [3.05, 3.63) is 11.8 Å². The van der Waals surface area contributed by atoms with E-state index < -0.39 is 0 Å². The highest BCUT2D eigenvalue weighted by atomic mass is 16.4. The smallest absolute Gasteiger partial charge is 0.0942 e. The Bertz CT molecular complexity index is 162. The third-order valence-electron chi connectivity index (χ3n) is 1.33. The van der Waals surface area contributed by atoms with Gasteiger partial charge in [-0.1, -0.05) is 5.16 Å². The fraction of sp³-hybridized carbons (Fsp3) is 0.500. The van der Waals surface area contributed by atoms with Crippen molar-refractivity contribution < 1.29 is 15.8 Å². The van der Waals surface area contributed by atoms with Gasteiger partial charge in [0.1, 0.15) is 0 Å². The Hall–Kier alpha value is -1.03. The van der Waals surface area contributed by atoms with Gasteiger partial charge in [-0.05, 0) is 12.8 Å². The summed E-state index contributed by atoms with van der Waals surface area (Å²) in [6.45, 7) is 0. The van der Waals surface area contributed by atoms with Gasteiger partial charge in [-0.2, -0.15) is 0 Å². The van der Waals surface area contributed by atoms with Gasteiger partial charge >= 0.3 is 0 Å². The highest BCUT2D eigenvalue weighted by molar-refractivity contribution is 5.95. The molecule has 0 radical (unpaired) electrons. The zero-order valence-corrected chi connectivity index (χ0v) is 5.54. The topological polar surface area (TPSA) is 84.3 Å². The largest absolute Gasteiger partial charge is 0.512 e. The fourth-order valence-corrected chi connectivity index (χ4v) is 0.866. The zero-order valence-electron chi connectivity index (χ0n) is 5.54. The first-order chi connectivity index (χ1) is 4.33. The molecule has 1 rings (SSSR count). The molecule has 0 amide bonds. The van der Waals surface area contributed by atoms with Crippen molar-refractivity contribution in [2.75, 3.05) is 0 Å². The molecule has 0 fully saturated rings. The highest BCUT2D eigenvalue weighted by Crippen LogP contribution is 2.12. The molecule has 1 aliphatic rings. The Morgan fingerprint density at radius 1 is 1.40 bits per heavy atom. The van der Waals surface area contributed by atoms with Crippen molar-refractivity contribution >= 4 is 5.71 Å². The van der Waals surface area contributed by atoms with Crippen molar-refractivity contribution in [1.82, 2.24) is 0 Å². The quantitative estimate of drug-likeness (QED) is 0.386. The molecule has 0 bridgehead atoms. The molecular formula is C6H11NO3. The molecule has 0 aliphatic heterocycles. The molecule has 58 valence electrons. The summed E-state index contributed by atoms with van der Waals surface area (Å²) in [6, 6.07) is 0. The molecular weight excluding hydrogens is 134 g/mol. The molecule has 0 saturated heterocycles. The van der Waals surface area contributed by atoms with Crippen LogP contribution in [-0.2, 0) is 0 Å². The summed E-state index contributed by atoms with van der Waals surface area (Å²) >= 11 is 0. The van der Waals surface area contributed by atoms with E-state index in [0.29, 0.717) is 17.9 Å². The van der Waals surface area contributed by atoms with Crippen LogP contribution in [-0.4, -0.2) is 21.5 Å². The van der Waals surface area contributed by atoms with Crippen LogP contribution in [0.3, 0.4) is 0 Å². The monoisotopic (exact) mass is 145 g/mol. The van der Waals surface area contributed by atoms with E-state index >= 15 is 0 Å². The summed E-state index contributed by atoms with van der Waals surface area (Å²) in [5.41, 5.74) is 0.568.